The summed E-state index contributed by atoms with van der Waals surface area (Å²) in [6.45, 7) is 2.45. The second kappa shape index (κ2) is 6.49. The topological polar surface area (TPSA) is 66.9 Å². The van der Waals surface area contributed by atoms with Crippen LogP contribution in [0.2, 0.25) is 0 Å². The third-order valence-corrected chi connectivity index (χ3v) is 2.58. The van der Waals surface area contributed by atoms with Gasteiger partial charge in [0.2, 0.25) is 5.91 Å². The minimum atomic E-state index is 0.0141. The molecule has 0 aliphatic carbocycles. The Labute approximate surface area is 112 Å². The molecule has 2 N–H and O–H groups in total. The maximum atomic E-state index is 11.2. The number of hydrogen-bond acceptors (Lipinski definition) is 4. The Morgan fingerprint density at radius 2 is 1.89 bits per heavy atom. The van der Waals surface area contributed by atoms with Gasteiger partial charge in [0.25, 0.3) is 0 Å². The molecule has 1 amide bonds. The normalized spacial score (nSPS) is 9.95. The van der Waals surface area contributed by atoms with Crippen molar-refractivity contribution in [3.05, 3.63) is 48.5 Å². The molecular formula is C14H16N4O. The van der Waals surface area contributed by atoms with E-state index in [0.29, 0.717) is 13.0 Å². The third-order valence-electron chi connectivity index (χ3n) is 2.58. The molecule has 2 rings (SSSR count). The van der Waals surface area contributed by atoms with Gasteiger partial charge in [-0.3, -0.25) is 14.8 Å². The molecule has 0 spiro atoms. The Hall–Kier alpha value is -2.43. The second-order valence-corrected chi connectivity index (χ2v) is 4.03. The number of amides is 1. The summed E-state index contributed by atoms with van der Waals surface area (Å²) in [6, 6.07) is 7.57. The van der Waals surface area contributed by atoms with Crippen LogP contribution in [0.3, 0.4) is 0 Å². The number of carbonyl (C=O) groups excluding carboxylic acids is 1. The van der Waals surface area contributed by atoms with Crippen molar-refractivity contribution < 1.29 is 4.79 Å². The summed E-state index contributed by atoms with van der Waals surface area (Å²) >= 11 is 0. The predicted molar refractivity (Wildman–Crippen MR) is 74.7 cm³/mol. The van der Waals surface area contributed by atoms with E-state index < -0.39 is 0 Å². The summed E-state index contributed by atoms with van der Waals surface area (Å²) in [5.41, 5.74) is 2.66. The first-order valence-corrected chi connectivity index (χ1v) is 6.16. The largest absolute Gasteiger partial charge is 0.379 e. The van der Waals surface area contributed by atoms with E-state index in [2.05, 4.69) is 20.6 Å². The van der Waals surface area contributed by atoms with Crippen LogP contribution in [0.4, 0.5) is 11.4 Å². The standard InChI is InChI=1S/C14H16N4O/c1-2-14(19)18-12-5-3-11(4-6-12)17-10-13-9-15-7-8-16-13/h3-9,17H,2,10H2,1H3,(H,18,19). The van der Waals surface area contributed by atoms with Crippen LogP contribution in [-0.2, 0) is 11.3 Å². The first-order chi connectivity index (χ1) is 9.28. The highest BCUT2D eigenvalue weighted by Crippen LogP contribution is 2.14. The monoisotopic (exact) mass is 256 g/mol. The average molecular weight is 256 g/mol. The number of carbonyl (C=O) groups is 1. The molecule has 0 saturated carbocycles. The van der Waals surface area contributed by atoms with E-state index in [1.165, 1.54) is 0 Å². The molecule has 0 unspecified atom stereocenters. The van der Waals surface area contributed by atoms with Crippen LogP contribution in [0.25, 0.3) is 0 Å². The molecule has 2 aromatic rings. The van der Waals surface area contributed by atoms with E-state index in [9.17, 15) is 4.79 Å². The summed E-state index contributed by atoms with van der Waals surface area (Å²) in [4.78, 5) is 19.4. The van der Waals surface area contributed by atoms with Gasteiger partial charge in [-0.2, -0.15) is 0 Å². The van der Waals surface area contributed by atoms with Crippen molar-refractivity contribution in [3.63, 3.8) is 0 Å². The lowest BCUT2D eigenvalue weighted by molar-refractivity contribution is -0.115. The lowest BCUT2D eigenvalue weighted by Crippen LogP contribution is -2.09. The highest BCUT2D eigenvalue weighted by atomic mass is 16.1. The molecule has 1 heterocycles. The number of benzene rings is 1. The van der Waals surface area contributed by atoms with E-state index >= 15 is 0 Å². The maximum Gasteiger partial charge on any atom is 0.224 e. The molecule has 0 atom stereocenters. The molecule has 1 aromatic carbocycles. The van der Waals surface area contributed by atoms with Gasteiger partial charge >= 0.3 is 0 Å². The number of rotatable bonds is 5. The van der Waals surface area contributed by atoms with Crippen LogP contribution in [-0.4, -0.2) is 15.9 Å². The summed E-state index contributed by atoms with van der Waals surface area (Å²) in [7, 11) is 0. The van der Waals surface area contributed by atoms with Gasteiger partial charge in [-0.05, 0) is 24.3 Å². The van der Waals surface area contributed by atoms with Gasteiger partial charge in [0, 0.05) is 30.2 Å². The Morgan fingerprint density at radius 3 is 2.53 bits per heavy atom. The number of anilines is 2. The number of nitrogens with zero attached hydrogens (tertiary/aromatic N) is 2. The van der Waals surface area contributed by atoms with Crippen molar-refractivity contribution in [2.24, 2.45) is 0 Å². The SMILES string of the molecule is CCC(=O)Nc1ccc(NCc2cnccn2)cc1. The quantitative estimate of drug-likeness (QED) is 0.862. The first kappa shape index (κ1) is 13.0. The zero-order valence-corrected chi connectivity index (χ0v) is 10.8. The van der Waals surface area contributed by atoms with Crippen LogP contribution >= 0.6 is 0 Å². The fourth-order valence-corrected chi connectivity index (χ4v) is 1.53. The van der Waals surface area contributed by atoms with E-state index in [4.69, 9.17) is 0 Å². The molecule has 0 radical (unpaired) electrons. The molecule has 1 aromatic heterocycles. The highest BCUT2D eigenvalue weighted by Gasteiger charge is 1.99. The third kappa shape index (κ3) is 4.06. The molecule has 0 bridgehead atoms. The predicted octanol–water partition coefficient (Wildman–Crippen LogP) is 2.44. The number of aromatic nitrogens is 2. The zero-order valence-electron chi connectivity index (χ0n) is 10.8. The van der Waals surface area contributed by atoms with Crippen LogP contribution in [0.1, 0.15) is 19.0 Å². The minimum absolute atomic E-state index is 0.0141. The minimum Gasteiger partial charge on any atom is -0.379 e. The first-order valence-electron chi connectivity index (χ1n) is 6.16. The van der Waals surface area contributed by atoms with E-state index in [1.807, 2.05) is 31.2 Å². The molecule has 0 fully saturated rings. The van der Waals surface area contributed by atoms with Crippen LogP contribution in [0.15, 0.2) is 42.9 Å². The molecule has 5 heteroatoms. The van der Waals surface area contributed by atoms with Crippen molar-refractivity contribution in [1.82, 2.24) is 9.97 Å². The van der Waals surface area contributed by atoms with Crippen LogP contribution < -0.4 is 10.6 Å². The van der Waals surface area contributed by atoms with Gasteiger partial charge in [0.15, 0.2) is 0 Å². The number of nitrogens with one attached hydrogen (secondary N) is 2. The van der Waals surface area contributed by atoms with Crippen molar-refractivity contribution in [1.29, 1.82) is 0 Å². The van der Waals surface area contributed by atoms with Crippen molar-refractivity contribution in [2.45, 2.75) is 19.9 Å². The Balaban J connectivity index is 1.90. The Bertz CT molecular complexity index is 525. The van der Waals surface area contributed by atoms with Crippen molar-refractivity contribution in [3.8, 4) is 0 Å². The van der Waals surface area contributed by atoms with Gasteiger partial charge in [-0.25, -0.2) is 0 Å². The van der Waals surface area contributed by atoms with Gasteiger partial charge in [-0.15, -0.1) is 0 Å². The van der Waals surface area contributed by atoms with E-state index in [-0.39, 0.29) is 5.91 Å². The molecule has 0 aliphatic rings. The zero-order chi connectivity index (χ0) is 13.5. The van der Waals surface area contributed by atoms with E-state index in [1.54, 1.807) is 18.6 Å². The molecular weight excluding hydrogens is 240 g/mol. The lowest BCUT2D eigenvalue weighted by Gasteiger charge is -2.07. The van der Waals surface area contributed by atoms with Crippen LogP contribution in [0, 0.1) is 0 Å². The maximum absolute atomic E-state index is 11.2. The summed E-state index contributed by atoms with van der Waals surface area (Å²) in [5, 5.41) is 6.04. The average Bonchev–Trinajstić information content (AvgIpc) is 2.47. The fraction of sp³-hybridized carbons (Fsp3) is 0.214. The molecule has 0 saturated heterocycles. The summed E-state index contributed by atoms with van der Waals surface area (Å²) in [5.74, 6) is 0.0141. The van der Waals surface area contributed by atoms with Gasteiger partial charge in [0.1, 0.15) is 0 Å². The molecule has 5 nitrogen and oxygen atoms in total. The lowest BCUT2D eigenvalue weighted by atomic mass is 10.2. The Morgan fingerprint density at radius 1 is 1.16 bits per heavy atom. The van der Waals surface area contributed by atoms with Crippen molar-refractivity contribution >= 4 is 17.3 Å². The number of hydrogen-bond donors (Lipinski definition) is 2. The van der Waals surface area contributed by atoms with Gasteiger partial charge in [0.05, 0.1) is 18.4 Å². The van der Waals surface area contributed by atoms with Gasteiger partial charge in [-0.1, -0.05) is 6.92 Å². The highest BCUT2D eigenvalue weighted by molar-refractivity contribution is 5.90. The van der Waals surface area contributed by atoms with Crippen molar-refractivity contribution in [2.75, 3.05) is 10.6 Å². The molecule has 19 heavy (non-hydrogen) atoms. The molecule has 0 aliphatic heterocycles. The molecule has 98 valence electrons. The van der Waals surface area contributed by atoms with Gasteiger partial charge < -0.3 is 10.6 Å². The second-order valence-electron chi connectivity index (χ2n) is 4.03. The summed E-state index contributed by atoms with van der Waals surface area (Å²) < 4.78 is 0. The summed E-state index contributed by atoms with van der Waals surface area (Å²) in [6.07, 6.45) is 5.52. The van der Waals surface area contributed by atoms with Crippen LogP contribution in [0.5, 0.6) is 0 Å². The Kier molecular flexibility index (Phi) is 4.44. The smallest absolute Gasteiger partial charge is 0.224 e. The van der Waals surface area contributed by atoms with E-state index in [0.717, 1.165) is 17.1 Å². The fourth-order valence-electron chi connectivity index (χ4n) is 1.53.